The van der Waals surface area contributed by atoms with Crippen LogP contribution in [0.1, 0.15) is 32.1 Å². The Labute approximate surface area is 92.9 Å². The third kappa shape index (κ3) is 5.02. The highest BCUT2D eigenvalue weighted by molar-refractivity contribution is 5.75. The van der Waals surface area contributed by atoms with Gasteiger partial charge in [-0.25, -0.2) is 0 Å². The molecule has 0 atom stereocenters. The van der Waals surface area contributed by atoms with Crippen LogP contribution < -0.4 is 11.5 Å². The van der Waals surface area contributed by atoms with Gasteiger partial charge in [0.05, 0.1) is 26.7 Å². The van der Waals surface area contributed by atoms with Crippen LogP contribution in [0.5, 0.6) is 0 Å². The van der Waals surface area contributed by atoms with Crippen molar-refractivity contribution in [1.82, 2.24) is 0 Å². The summed E-state index contributed by atoms with van der Waals surface area (Å²) in [6.45, 7) is 4.76. The van der Waals surface area contributed by atoms with Gasteiger partial charge in [0.15, 0.2) is 5.96 Å². The van der Waals surface area contributed by atoms with E-state index in [1.807, 2.05) is 0 Å². The number of guanidine groups is 1. The lowest BCUT2D eigenvalue weighted by Gasteiger charge is -2.37. The van der Waals surface area contributed by atoms with Crippen molar-refractivity contribution >= 4 is 5.96 Å². The first-order chi connectivity index (χ1) is 7.12. The minimum Gasteiger partial charge on any atom is -0.370 e. The number of nitrogens with zero attached hydrogens (tertiary/aromatic N) is 2. The standard InChI is InChI=1S/C11H25N4/c1-15(8-4-2-5-9-15)10-6-3-7-14-11(12)13/h2-10H2,1H3,(H4,12,13,14)/q+1. The Kier molecular flexibility index (Phi) is 4.88. The number of aliphatic imine (C=N–C) groups is 1. The van der Waals surface area contributed by atoms with Crippen molar-refractivity contribution < 1.29 is 4.48 Å². The summed E-state index contributed by atoms with van der Waals surface area (Å²) < 4.78 is 1.25. The molecule has 1 rings (SSSR count). The van der Waals surface area contributed by atoms with Crippen molar-refractivity contribution in [3.05, 3.63) is 0 Å². The van der Waals surface area contributed by atoms with Crippen LogP contribution in [0, 0.1) is 0 Å². The molecule has 88 valence electrons. The van der Waals surface area contributed by atoms with Gasteiger partial charge in [-0.05, 0) is 32.1 Å². The number of nitrogens with two attached hydrogens (primary N) is 2. The Morgan fingerprint density at radius 3 is 2.40 bits per heavy atom. The highest BCUT2D eigenvalue weighted by Gasteiger charge is 2.23. The van der Waals surface area contributed by atoms with Crippen LogP contribution in [-0.2, 0) is 0 Å². The molecule has 1 fully saturated rings. The maximum atomic E-state index is 5.27. The largest absolute Gasteiger partial charge is 0.370 e. The normalized spacial score (nSPS) is 19.8. The maximum absolute atomic E-state index is 5.27. The summed E-state index contributed by atoms with van der Waals surface area (Å²) >= 11 is 0. The van der Waals surface area contributed by atoms with Crippen molar-refractivity contribution in [3.63, 3.8) is 0 Å². The van der Waals surface area contributed by atoms with Gasteiger partial charge < -0.3 is 16.0 Å². The lowest BCUT2D eigenvalue weighted by molar-refractivity contribution is -0.914. The summed E-state index contributed by atoms with van der Waals surface area (Å²) in [6.07, 6.45) is 6.54. The molecule has 0 spiro atoms. The summed E-state index contributed by atoms with van der Waals surface area (Å²) in [5, 5.41) is 0. The smallest absolute Gasteiger partial charge is 0.185 e. The quantitative estimate of drug-likeness (QED) is 0.305. The Balaban J connectivity index is 2.10. The number of piperidine rings is 1. The van der Waals surface area contributed by atoms with Crippen LogP contribution in [0.25, 0.3) is 0 Å². The molecular formula is C11H25N4+. The van der Waals surface area contributed by atoms with Gasteiger partial charge in [-0.1, -0.05) is 0 Å². The third-order valence-electron chi connectivity index (χ3n) is 3.30. The van der Waals surface area contributed by atoms with Gasteiger partial charge in [0.25, 0.3) is 0 Å². The summed E-state index contributed by atoms with van der Waals surface area (Å²) in [4.78, 5) is 4.00. The Bertz CT molecular complexity index is 203. The van der Waals surface area contributed by atoms with E-state index in [0.29, 0.717) is 0 Å². The van der Waals surface area contributed by atoms with E-state index in [2.05, 4.69) is 12.0 Å². The number of unbranched alkanes of at least 4 members (excludes halogenated alkanes) is 1. The van der Waals surface area contributed by atoms with Gasteiger partial charge in [0, 0.05) is 6.54 Å². The lowest BCUT2D eigenvalue weighted by atomic mass is 10.1. The zero-order valence-corrected chi connectivity index (χ0v) is 9.91. The Morgan fingerprint density at radius 1 is 1.13 bits per heavy atom. The molecule has 0 aromatic heterocycles. The summed E-state index contributed by atoms with van der Waals surface area (Å²) in [6, 6.07) is 0. The number of rotatable bonds is 5. The first kappa shape index (κ1) is 12.3. The molecule has 0 bridgehead atoms. The molecule has 0 aliphatic carbocycles. The molecule has 0 aromatic rings. The number of quaternary nitrogens is 1. The van der Waals surface area contributed by atoms with Gasteiger partial charge in [0.2, 0.25) is 0 Å². The van der Waals surface area contributed by atoms with Gasteiger partial charge in [-0.15, -0.1) is 0 Å². The number of hydrogen-bond acceptors (Lipinski definition) is 1. The van der Waals surface area contributed by atoms with Crippen LogP contribution in [0.4, 0.5) is 0 Å². The second-order valence-electron chi connectivity index (χ2n) is 4.86. The van der Waals surface area contributed by atoms with Crippen LogP contribution in [0.2, 0.25) is 0 Å². The van der Waals surface area contributed by atoms with E-state index in [1.54, 1.807) is 0 Å². The average Bonchev–Trinajstić information content (AvgIpc) is 2.17. The van der Waals surface area contributed by atoms with E-state index in [1.165, 1.54) is 49.8 Å². The molecule has 4 heteroatoms. The van der Waals surface area contributed by atoms with Crippen molar-refractivity contribution in [1.29, 1.82) is 0 Å². The highest BCUT2D eigenvalue weighted by Crippen LogP contribution is 2.16. The third-order valence-corrected chi connectivity index (χ3v) is 3.30. The van der Waals surface area contributed by atoms with E-state index in [9.17, 15) is 0 Å². The minimum absolute atomic E-state index is 0.216. The fourth-order valence-corrected chi connectivity index (χ4v) is 2.31. The second-order valence-corrected chi connectivity index (χ2v) is 4.86. The Morgan fingerprint density at radius 2 is 1.80 bits per heavy atom. The van der Waals surface area contributed by atoms with E-state index in [0.717, 1.165) is 13.0 Å². The van der Waals surface area contributed by atoms with Crippen LogP contribution in [-0.4, -0.2) is 43.7 Å². The van der Waals surface area contributed by atoms with Crippen molar-refractivity contribution in [3.8, 4) is 0 Å². The molecule has 0 amide bonds. The molecule has 15 heavy (non-hydrogen) atoms. The molecule has 1 aliphatic heterocycles. The number of hydrogen-bond donors (Lipinski definition) is 2. The lowest BCUT2D eigenvalue weighted by Crippen LogP contribution is -2.48. The zero-order valence-electron chi connectivity index (χ0n) is 9.91. The first-order valence-electron chi connectivity index (χ1n) is 6.01. The fraction of sp³-hybridized carbons (Fsp3) is 0.909. The van der Waals surface area contributed by atoms with Crippen LogP contribution in [0.3, 0.4) is 0 Å². The van der Waals surface area contributed by atoms with Gasteiger partial charge in [-0.2, -0.15) is 0 Å². The second kappa shape index (κ2) is 5.95. The molecular weight excluding hydrogens is 188 g/mol. The summed E-state index contributed by atoms with van der Waals surface area (Å²) in [7, 11) is 2.37. The SMILES string of the molecule is C[N+]1(CCCCN=C(N)N)CCCCC1. The zero-order chi connectivity index (χ0) is 11.1. The van der Waals surface area contributed by atoms with Crippen molar-refractivity contribution in [2.75, 3.05) is 33.2 Å². The molecule has 0 saturated carbocycles. The van der Waals surface area contributed by atoms with E-state index in [-0.39, 0.29) is 5.96 Å². The van der Waals surface area contributed by atoms with Crippen molar-refractivity contribution in [2.45, 2.75) is 32.1 Å². The molecule has 0 unspecified atom stereocenters. The van der Waals surface area contributed by atoms with E-state index >= 15 is 0 Å². The van der Waals surface area contributed by atoms with E-state index in [4.69, 9.17) is 11.5 Å². The topological polar surface area (TPSA) is 64.4 Å². The van der Waals surface area contributed by atoms with Crippen LogP contribution >= 0.6 is 0 Å². The highest BCUT2D eigenvalue weighted by atomic mass is 15.3. The van der Waals surface area contributed by atoms with Gasteiger partial charge in [-0.3, -0.25) is 4.99 Å². The predicted octanol–water partition coefficient (Wildman–Crippen LogP) is 0.671. The molecule has 0 radical (unpaired) electrons. The summed E-state index contributed by atoms with van der Waals surface area (Å²) in [5.41, 5.74) is 10.5. The molecule has 1 saturated heterocycles. The molecule has 4 N–H and O–H groups in total. The number of likely N-dealkylation sites (tertiary alicyclic amines) is 1. The van der Waals surface area contributed by atoms with Crippen LogP contribution in [0.15, 0.2) is 4.99 Å². The first-order valence-corrected chi connectivity index (χ1v) is 6.01. The average molecular weight is 213 g/mol. The minimum atomic E-state index is 0.216. The molecule has 1 aliphatic rings. The van der Waals surface area contributed by atoms with Gasteiger partial charge >= 0.3 is 0 Å². The predicted molar refractivity (Wildman–Crippen MR) is 64.5 cm³/mol. The van der Waals surface area contributed by atoms with E-state index < -0.39 is 0 Å². The van der Waals surface area contributed by atoms with Gasteiger partial charge in [0.1, 0.15) is 0 Å². The fourth-order valence-electron chi connectivity index (χ4n) is 2.31. The Hall–Kier alpha value is -0.770. The molecule has 1 heterocycles. The monoisotopic (exact) mass is 213 g/mol. The molecule has 0 aromatic carbocycles. The van der Waals surface area contributed by atoms with Crippen molar-refractivity contribution in [2.24, 2.45) is 16.5 Å². The molecule has 4 nitrogen and oxygen atoms in total. The maximum Gasteiger partial charge on any atom is 0.185 e. The summed E-state index contributed by atoms with van der Waals surface area (Å²) in [5.74, 6) is 0.216.